The van der Waals surface area contributed by atoms with Gasteiger partial charge < -0.3 is 4.57 Å². The van der Waals surface area contributed by atoms with E-state index in [-0.39, 0.29) is 0 Å². The summed E-state index contributed by atoms with van der Waals surface area (Å²) in [6.45, 7) is 0. The number of nitriles is 3. The quantitative estimate of drug-likeness (QED) is 0.138. The number of hydrogen-bond donors (Lipinski definition) is 0. The van der Waals surface area contributed by atoms with Crippen LogP contribution >= 0.6 is 0 Å². The Morgan fingerprint density at radius 1 is 0.440 bits per heavy atom. The Labute approximate surface area is 291 Å². The zero-order valence-electron chi connectivity index (χ0n) is 27.0. The average molecular weight is 653 g/mol. The molecule has 5 heteroatoms. The SMILES string of the molecule is N#Cc1ccc2c(c1)c1cc(C#N)ccc1n2-c1cccc(-c2cccc(C#N)c2[Si](c2ccccc2)(c2ccccc2)c2ccccc2)c1. The summed E-state index contributed by atoms with van der Waals surface area (Å²) in [5.74, 6) is 0. The van der Waals surface area contributed by atoms with E-state index in [1.165, 1.54) is 15.6 Å². The molecular weight excluding hydrogens is 625 g/mol. The van der Waals surface area contributed by atoms with Crippen LogP contribution in [-0.2, 0) is 0 Å². The molecule has 0 N–H and O–H groups in total. The first-order chi connectivity index (χ1) is 24.7. The second-order valence-electron chi connectivity index (χ2n) is 12.3. The molecule has 0 bridgehead atoms. The van der Waals surface area contributed by atoms with Crippen LogP contribution < -0.4 is 20.7 Å². The number of nitrogens with zero attached hydrogens (tertiary/aromatic N) is 4. The van der Waals surface area contributed by atoms with Gasteiger partial charge >= 0.3 is 0 Å². The zero-order valence-corrected chi connectivity index (χ0v) is 28.0. The van der Waals surface area contributed by atoms with Crippen LogP contribution in [0.3, 0.4) is 0 Å². The van der Waals surface area contributed by atoms with E-state index in [9.17, 15) is 15.8 Å². The highest BCUT2D eigenvalue weighted by atomic mass is 28.3. The molecule has 0 unspecified atom stereocenters. The smallest absolute Gasteiger partial charge is 0.181 e. The van der Waals surface area contributed by atoms with Crippen molar-refractivity contribution < 1.29 is 0 Å². The lowest BCUT2D eigenvalue weighted by Crippen LogP contribution is -2.75. The van der Waals surface area contributed by atoms with Crippen molar-refractivity contribution in [3.8, 4) is 35.0 Å². The van der Waals surface area contributed by atoms with Crippen LogP contribution in [0.5, 0.6) is 0 Å². The van der Waals surface area contributed by atoms with E-state index in [0.29, 0.717) is 16.7 Å². The molecule has 0 aliphatic carbocycles. The summed E-state index contributed by atoms with van der Waals surface area (Å²) in [7, 11) is -3.08. The fourth-order valence-electron chi connectivity index (χ4n) is 7.54. The van der Waals surface area contributed by atoms with Gasteiger partial charge in [-0.2, -0.15) is 15.8 Å². The van der Waals surface area contributed by atoms with Crippen molar-refractivity contribution in [3.05, 3.63) is 187 Å². The van der Waals surface area contributed by atoms with Gasteiger partial charge in [-0.3, -0.25) is 0 Å². The van der Waals surface area contributed by atoms with Crippen LogP contribution in [0.25, 0.3) is 38.6 Å². The van der Waals surface area contributed by atoms with E-state index < -0.39 is 8.07 Å². The summed E-state index contributed by atoms with van der Waals surface area (Å²) < 4.78 is 2.20. The van der Waals surface area contributed by atoms with Gasteiger partial charge in [0.1, 0.15) is 0 Å². The number of benzene rings is 7. The van der Waals surface area contributed by atoms with Crippen molar-refractivity contribution in [2.75, 3.05) is 0 Å². The number of aromatic nitrogens is 1. The average Bonchev–Trinajstić information content (AvgIpc) is 3.52. The normalized spacial score (nSPS) is 11.1. The first-order valence-corrected chi connectivity index (χ1v) is 18.4. The van der Waals surface area contributed by atoms with Crippen LogP contribution in [0, 0.1) is 34.0 Å². The molecule has 4 nitrogen and oxygen atoms in total. The largest absolute Gasteiger partial charge is 0.309 e. The Hall–Kier alpha value is -6.97. The molecule has 0 fully saturated rings. The summed E-state index contributed by atoms with van der Waals surface area (Å²) >= 11 is 0. The molecule has 0 aliphatic heterocycles. The highest BCUT2D eigenvalue weighted by molar-refractivity contribution is 7.20. The third-order valence-corrected chi connectivity index (χ3v) is 14.5. The molecule has 1 aromatic heterocycles. The molecule has 1 heterocycles. The lowest BCUT2D eigenvalue weighted by atomic mass is 10.0. The Morgan fingerprint density at radius 3 is 1.42 bits per heavy atom. The van der Waals surface area contributed by atoms with E-state index >= 15 is 0 Å². The monoisotopic (exact) mass is 652 g/mol. The predicted octanol–water partition coefficient (Wildman–Crippen LogP) is 7.44. The van der Waals surface area contributed by atoms with E-state index in [2.05, 4.69) is 126 Å². The molecule has 0 saturated heterocycles. The van der Waals surface area contributed by atoms with Crippen molar-refractivity contribution in [3.63, 3.8) is 0 Å². The van der Waals surface area contributed by atoms with E-state index in [1.807, 2.05) is 66.7 Å². The van der Waals surface area contributed by atoms with Crippen molar-refractivity contribution >= 4 is 50.6 Å². The van der Waals surface area contributed by atoms with Crippen LogP contribution in [0.1, 0.15) is 16.7 Å². The van der Waals surface area contributed by atoms with Crippen LogP contribution in [-0.4, -0.2) is 12.6 Å². The Kier molecular flexibility index (Phi) is 7.63. The summed E-state index contributed by atoms with van der Waals surface area (Å²) in [5.41, 5.74) is 6.61. The fraction of sp³-hybridized carbons (Fsp3) is 0. The van der Waals surface area contributed by atoms with Crippen molar-refractivity contribution in [1.82, 2.24) is 4.57 Å². The van der Waals surface area contributed by atoms with E-state index in [4.69, 9.17) is 0 Å². The van der Waals surface area contributed by atoms with Gasteiger partial charge in [0.15, 0.2) is 8.07 Å². The summed E-state index contributed by atoms with van der Waals surface area (Å²) in [5, 5.41) is 36.7. The van der Waals surface area contributed by atoms with Crippen LogP contribution in [0.15, 0.2) is 170 Å². The standard InChI is InChI=1S/C45H28N4Si/c46-29-32-22-24-43-41(26-32)42-27-33(30-47)23-25-44(42)49(43)36-14-10-12-34(28-36)40-21-11-13-35(31-48)45(40)50(37-15-4-1-5-16-37,38-17-6-2-7-18-38)39-19-8-3-9-20-39/h1-28H. The van der Waals surface area contributed by atoms with Crippen molar-refractivity contribution in [1.29, 1.82) is 15.8 Å². The summed E-state index contributed by atoms with van der Waals surface area (Å²) in [6.07, 6.45) is 0. The first-order valence-electron chi connectivity index (χ1n) is 16.4. The van der Waals surface area contributed by atoms with Gasteiger partial charge in [-0.15, -0.1) is 0 Å². The lowest BCUT2D eigenvalue weighted by Gasteiger charge is -2.36. The van der Waals surface area contributed by atoms with E-state index in [1.54, 1.807) is 0 Å². The highest BCUT2D eigenvalue weighted by Gasteiger charge is 2.44. The van der Waals surface area contributed by atoms with Crippen LogP contribution in [0.4, 0.5) is 0 Å². The van der Waals surface area contributed by atoms with Crippen molar-refractivity contribution in [2.45, 2.75) is 0 Å². The topological polar surface area (TPSA) is 76.3 Å². The van der Waals surface area contributed by atoms with Gasteiger partial charge in [-0.05, 0) is 86.5 Å². The second-order valence-corrected chi connectivity index (χ2v) is 16.0. The molecule has 0 spiro atoms. The molecule has 8 rings (SSSR count). The molecule has 0 atom stereocenters. The lowest BCUT2D eigenvalue weighted by molar-refractivity contribution is 1.18. The number of fused-ring (bicyclic) bond motifs is 3. The molecule has 0 aliphatic rings. The Balaban J connectivity index is 1.45. The van der Waals surface area contributed by atoms with Gasteiger partial charge in [0.2, 0.25) is 0 Å². The van der Waals surface area contributed by atoms with E-state index in [0.717, 1.165) is 43.8 Å². The summed E-state index contributed by atoms with van der Waals surface area (Å²) in [6, 6.07) is 65.1. The molecule has 0 radical (unpaired) electrons. The molecule has 0 amide bonds. The highest BCUT2D eigenvalue weighted by Crippen LogP contribution is 2.35. The first kappa shape index (κ1) is 30.4. The van der Waals surface area contributed by atoms with Gasteiger partial charge in [0.05, 0.1) is 45.9 Å². The maximum atomic E-state index is 10.8. The number of hydrogen-bond acceptors (Lipinski definition) is 3. The fourth-order valence-corrected chi connectivity index (χ4v) is 12.7. The molecule has 50 heavy (non-hydrogen) atoms. The zero-order chi connectivity index (χ0) is 34.1. The third kappa shape index (κ3) is 4.80. The van der Waals surface area contributed by atoms with Crippen LogP contribution in [0.2, 0.25) is 0 Å². The molecule has 0 saturated carbocycles. The van der Waals surface area contributed by atoms with Gasteiger partial charge in [0.25, 0.3) is 0 Å². The minimum atomic E-state index is -3.08. The molecular formula is C45H28N4Si. The van der Waals surface area contributed by atoms with Gasteiger partial charge in [0, 0.05) is 16.5 Å². The Bertz CT molecular complexity index is 2510. The van der Waals surface area contributed by atoms with Crippen molar-refractivity contribution in [2.24, 2.45) is 0 Å². The summed E-state index contributed by atoms with van der Waals surface area (Å²) in [4.78, 5) is 0. The maximum Gasteiger partial charge on any atom is 0.181 e. The minimum Gasteiger partial charge on any atom is -0.309 e. The number of rotatable bonds is 6. The Morgan fingerprint density at radius 2 is 0.940 bits per heavy atom. The molecule has 7 aromatic carbocycles. The molecule has 232 valence electrons. The maximum absolute atomic E-state index is 10.8. The van der Waals surface area contributed by atoms with Gasteiger partial charge in [-0.25, -0.2) is 0 Å². The second kappa shape index (κ2) is 12.6. The third-order valence-electron chi connectivity index (χ3n) is 9.62. The van der Waals surface area contributed by atoms with Gasteiger partial charge in [-0.1, -0.05) is 115 Å². The minimum absolute atomic E-state index is 0.564. The molecule has 8 aromatic rings. The predicted molar refractivity (Wildman–Crippen MR) is 204 cm³/mol.